The Balaban J connectivity index is 1.66. The Kier molecular flexibility index (Phi) is 6.11. The number of halogens is 1. The third kappa shape index (κ3) is 4.79. The van der Waals surface area contributed by atoms with Gasteiger partial charge in [0.1, 0.15) is 17.3 Å². The predicted octanol–water partition coefficient (Wildman–Crippen LogP) is 3.11. The standard InChI is InChI=1S/C20H21FN4O3/c1-27-16-7-13(8-17(10-16)28-2)11-24-19(26)14-3-4-18(21)15(9-14)12-25-20-22-5-6-23-20/h3-10H,11-12H2,1-2H3,(H,24,26)(H2,22,23,25). The van der Waals surface area contributed by atoms with Crippen molar-refractivity contribution in [2.75, 3.05) is 19.5 Å². The lowest BCUT2D eigenvalue weighted by Crippen LogP contribution is -2.23. The minimum Gasteiger partial charge on any atom is -0.497 e. The van der Waals surface area contributed by atoms with Gasteiger partial charge in [-0.05, 0) is 35.9 Å². The van der Waals surface area contributed by atoms with E-state index < -0.39 is 5.82 Å². The summed E-state index contributed by atoms with van der Waals surface area (Å²) < 4.78 is 24.5. The third-order valence-electron chi connectivity index (χ3n) is 4.12. The normalized spacial score (nSPS) is 10.4. The number of H-pyrrole nitrogens is 1. The molecule has 3 rings (SSSR count). The van der Waals surface area contributed by atoms with Gasteiger partial charge in [0, 0.05) is 42.7 Å². The predicted molar refractivity (Wildman–Crippen MR) is 103 cm³/mol. The van der Waals surface area contributed by atoms with Gasteiger partial charge in [-0.15, -0.1) is 0 Å². The number of rotatable bonds is 8. The minimum atomic E-state index is -0.395. The molecule has 0 aliphatic rings. The van der Waals surface area contributed by atoms with Crippen LogP contribution in [0.15, 0.2) is 48.8 Å². The summed E-state index contributed by atoms with van der Waals surface area (Å²) in [5, 5.41) is 5.79. The number of benzene rings is 2. The number of imidazole rings is 1. The molecule has 0 fully saturated rings. The number of nitrogens with zero attached hydrogens (tertiary/aromatic N) is 1. The SMILES string of the molecule is COc1cc(CNC(=O)c2ccc(F)c(CNc3ncc[nH]3)c2)cc(OC)c1. The van der Waals surface area contributed by atoms with E-state index in [0.717, 1.165) is 5.56 Å². The molecular formula is C20H21FN4O3. The van der Waals surface area contributed by atoms with Crippen LogP contribution in [0.2, 0.25) is 0 Å². The molecule has 0 aliphatic heterocycles. The molecule has 0 unspecified atom stereocenters. The van der Waals surface area contributed by atoms with Crippen molar-refractivity contribution in [3.63, 3.8) is 0 Å². The van der Waals surface area contributed by atoms with Gasteiger partial charge in [-0.3, -0.25) is 4.79 Å². The number of nitrogens with one attached hydrogen (secondary N) is 3. The molecule has 0 spiro atoms. The summed E-state index contributed by atoms with van der Waals surface area (Å²) in [5.41, 5.74) is 1.56. The average Bonchev–Trinajstić information content (AvgIpc) is 3.24. The van der Waals surface area contributed by atoms with Crippen molar-refractivity contribution in [2.24, 2.45) is 0 Å². The van der Waals surface area contributed by atoms with E-state index in [4.69, 9.17) is 9.47 Å². The van der Waals surface area contributed by atoms with E-state index in [0.29, 0.717) is 28.6 Å². The average molecular weight is 384 g/mol. The maximum atomic E-state index is 14.0. The number of hydrogen-bond donors (Lipinski definition) is 3. The first-order chi connectivity index (χ1) is 13.6. The van der Waals surface area contributed by atoms with Crippen molar-refractivity contribution in [1.29, 1.82) is 0 Å². The molecular weight excluding hydrogens is 363 g/mol. The van der Waals surface area contributed by atoms with Crippen LogP contribution in [0, 0.1) is 5.82 Å². The number of hydrogen-bond acceptors (Lipinski definition) is 5. The molecule has 3 aromatic rings. The molecule has 1 amide bonds. The van der Waals surface area contributed by atoms with Gasteiger partial charge in [0.2, 0.25) is 0 Å². The van der Waals surface area contributed by atoms with E-state index in [2.05, 4.69) is 20.6 Å². The van der Waals surface area contributed by atoms with Gasteiger partial charge in [0.15, 0.2) is 5.95 Å². The lowest BCUT2D eigenvalue weighted by molar-refractivity contribution is 0.0950. The second-order valence-electron chi connectivity index (χ2n) is 6.00. The van der Waals surface area contributed by atoms with Crippen LogP contribution in [0.5, 0.6) is 11.5 Å². The minimum absolute atomic E-state index is 0.202. The zero-order valence-corrected chi connectivity index (χ0v) is 15.6. The molecule has 0 bridgehead atoms. The molecule has 0 aliphatic carbocycles. The van der Waals surface area contributed by atoms with Gasteiger partial charge >= 0.3 is 0 Å². The van der Waals surface area contributed by atoms with Gasteiger partial charge in [-0.1, -0.05) is 0 Å². The molecule has 1 heterocycles. The molecule has 8 heteroatoms. The van der Waals surface area contributed by atoms with Crippen LogP contribution in [0.1, 0.15) is 21.5 Å². The highest BCUT2D eigenvalue weighted by Gasteiger charge is 2.11. The van der Waals surface area contributed by atoms with Gasteiger partial charge in [0.25, 0.3) is 5.91 Å². The largest absolute Gasteiger partial charge is 0.497 e. The van der Waals surface area contributed by atoms with Gasteiger partial charge in [-0.2, -0.15) is 0 Å². The molecule has 0 atom stereocenters. The molecule has 146 valence electrons. The summed E-state index contributed by atoms with van der Waals surface area (Å²) in [5.74, 6) is 1.10. The fraction of sp³-hybridized carbons (Fsp3) is 0.200. The first kappa shape index (κ1) is 19.2. The lowest BCUT2D eigenvalue weighted by Gasteiger charge is -2.11. The number of aromatic nitrogens is 2. The Morgan fingerprint density at radius 2 is 1.86 bits per heavy atom. The summed E-state index contributed by atoms with van der Waals surface area (Å²) in [6.45, 7) is 0.483. The van der Waals surface area contributed by atoms with Crippen molar-refractivity contribution in [3.8, 4) is 11.5 Å². The Bertz CT molecular complexity index is 922. The highest BCUT2D eigenvalue weighted by molar-refractivity contribution is 5.94. The quantitative estimate of drug-likeness (QED) is 0.555. The molecule has 0 radical (unpaired) electrons. The zero-order valence-electron chi connectivity index (χ0n) is 15.6. The number of ether oxygens (including phenoxy) is 2. The van der Waals surface area contributed by atoms with Gasteiger partial charge in [0.05, 0.1) is 14.2 Å². The first-order valence-electron chi connectivity index (χ1n) is 8.61. The van der Waals surface area contributed by atoms with Crippen LogP contribution in [-0.4, -0.2) is 30.1 Å². The summed E-state index contributed by atoms with van der Waals surface area (Å²) in [7, 11) is 3.13. The van der Waals surface area contributed by atoms with Crippen LogP contribution in [0.25, 0.3) is 0 Å². The third-order valence-corrected chi connectivity index (χ3v) is 4.12. The topological polar surface area (TPSA) is 88.3 Å². The summed E-state index contributed by atoms with van der Waals surface area (Å²) in [6.07, 6.45) is 3.26. The lowest BCUT2D eigenvalue weighted by atomic mass is 10.1. The van der Waals surface area contributed by atoms with E-state index in [-0.39, 0.29) is 19.0 Å². The fourth-order valence-corrected chi connectivity index (χ4v) is 2.65. The Morgan fingerprint density at radius 1 is 1.11 bits per heavy atom. The summed E-state index contributed by atoms with van der Waals surface area (Å²) in [6, 6.07) is 9.63. The maximum Gasteiger partial charge on any atom is 0.251 e. The Morgan fingerprint density at radius 3 is 2.50 bits per heavy atom. The Labute approximate surface area is 161 Å². The molecule has 28 heavy (non-hydrogen) atoms. The Hall–Kier alpha value is -3.55. The summed E-state index contributed by atoms with van der Waals surface area (Å²) >= 11 is 0. The van der Waals surface area contributed by atoms with Crippen molar-refractivity contribution >= 4 is 11.9 Å². The number of anilines is 1. The van der Waals surface area contributed by atoms with E-state index in [1.807, 2.05) is 12.1 Å². The van der Waals surface area contributed by atoms with Gasteiger partial charge < -0.3 is 25.1 Å². The number of aromatic amines is 1. The van der Waals surface area contributed by atoms with Crippen molar-refractivity contribution < 1.29 is 18.7 Å². The first-order valence-corrected chi connectivity index (χ1v) is 8.61. The van der Waals surface area contributed by atoms with Crippen molar-refractivity contribution in [1.82, 2.24) is 15.3 Å². The molecule has 3 N–H and O–H groups in total. The molecule has 2 aromatic carbocycles. The van der Waals surface area contributed by atoms with E-state index >= 15 is 0 Å². The van der Waals surface area contributed by atoms with Crippen LogP contribution in [0.4, 0.5) is 10.3 Å². The molecule has 1 aromatic heterocycles. The van der Waals surface area contributed by atoms with Gasteiger partial charge in [-0.25, -0.2) is 9.37 Å². The zero-order chi connectivity index (χ0) is 19.9. The molecule has 0 saturated carbocycles. The van der Waals surface area contributed by atoms with Crippen molar-refractivity contribution in [3.05, 3.63) is 71.3 Å². The number of amides is 1. The summed E-state index contributed by atoms with van der Waals surface area (Å²) in [4.78, 5) is 19.4. The highest BCUT2D eigenvalue weighted by Crippen LogP contribution is 2.22. The van der Waals surface area contributed by atoms with Crippen LogP contribution in [0.3, 0.4) is 0 Å². The van der Waals surface area contributed by atoms with E-state index in [1.165, 1.54) is 18.2 Å². The number of methoxy groups -OCH3 is 2. The number of carbonyl (C=O) groups is 1. The maximum absolute atomic E-state index is 14.0. The van der Waals surface area contributed by atoms with Crippen molar-refractivity contribution in [2.45, 2.75) is 13.1 Å². The van der Waals surface area contributed by atoms with Crippen LogP contribution < -0.4 is 20.1 Å². The van der Waals surface area contributed by atoms with E-state index in [1.54, 1.807) is 32.7 Å². The second kappa shape index (κ2) is 8.90. The smallest absolute Gasteiger partial charge is 0.251 e. The van der Waals surface area contributed by atoms with Crippen LogP contribution >= 0.6 is 0 Å². The monoisotopic (exact) mass is 384 g/mol. The number of carbonyl (C=O) groups excluding carboxylic acids is 1. The highest BCUT2D eigenvalue weighted by atomic mass is 19.1. The molecule has 7 nitrogen and oxygen atoms in total. The second-order valence-corrected chi connectivity index (χ2v) is 6.00. The molecule has 0 saturated heterocycles. The van der Waals surface area contributed by atoms with E-state index in [9.17, 15) is 9.18 Å². The van der Waals surface area contributed by atoms with Crippen LogP contribution in [-0.2, 0) is 13.1 Å². The fourth-order valence-electron chi connectivity index (χ4n) is 2.65.